The van der Waals surface area contributed by atoms with Crippen LogP contribution in [0, 0.1) is 0 Å². The van der Waals surface area contributed by atoms with E-state index in [2.05, 4.69) is 4.98 Å². The molecule has 2 N–H and O–H groups in total. The van der Waals surface area contributed by atoms with Crippen LogP contribution in [-0.4, -0.2) is 4.98 Å². The molecule has 1 aromatic carbocycles. The van der Waals surface area contributed by atoms with Crippen LogP contribution < -0.4 is 5.73 Å². The number of rotatable bonds is 2. The molecule has 0 aliphatic carbocycles. The largest absolute Gasteiger partial charge is 0.440 e. The number of oxazole rings is 1. The third-order valence-corrected chi connectivity index (χ3v) is 2.41. The van der Waals surface area contributed by atoms with Crippen LogP contribution in [0.2, 0.25) is 0 Å². The van der Waals surface area contributed by atoms with Crippen LogP contribution in [0.3, 0.4) is 0 Å². The lowest BCUT2D eigenvalue weighted by molar-refractivity contribution is -0.137. The second-order valence-corrected chi connectivity index (χ2v) is 3.94. The molecule has 1 aromatic heterocycles. The second-order valence-electron chi connectivity index (χ2n) is 3.94. The zero-order chi connectivity index (χ0) is 13.3. The number of aromatic nitrogens is 1. The molecule has 0 saturated carbocycles. The molecule has 18 heavy (non-hydrogen) atoms. The van der Waals surface area contributed by atoms with Gasteiger partial charge < -0.3 is 10.2 Å². The molecule has 0 bridgehead atoms. The Hall–Kier alpha value is -1.82. The van der Waals surface area contributed by atoms with Gasteiger partial charge in [0.15, 0.2) is 0 Å². The summed E-state index contributed by atoms with van der Waals surface area (Å²) in [6.07, 6.45) is -2.97. The van der Waals surface area contributed by atoms with Crippen LogP contribution in [0.4, 0.5) is 13.2 Å². The van der Waals surface area contributed by atoms with Crippen molar-refractivity contribution in [3.63, 3.8) is 0 Å². The number of hydrogen-bond donors (Lipinski definition) is 1. The van der Waals surface area contributed by atoms with E-state index in [0.717, 1.165) is 12.1 Å². The summed E-state index contributed by atoms with van der Waals surface area (Å²) in [5, 5.41) is 0. The summed E-state index contributed by atoms with van der Waals surface area (Å²) in [5.74, 6) is 0.566. The zero-order valence-corrected chi connectivity index (χ0v) is 9.53. The van der Waals surface area contributed by atoms with Crippen molar-refractivity contribution in [2.45, 2.75) is 19.1 Å². The molecule has 0 amide bonds. The van der Waals surface area contributed by atoms with E-state index in [9.17, 15) is 13.2 Å². The lowest BCUT2D eigenvalue weighted by Crippen LogP contribution is -2.04. The number of halogens is 3. The van der Waals surface area contributed by atoms with Crippen molar-refractivity contribution in [3.05, 3.63) is 41.8 Å². The number of nitrogens with zero attached hydrogens (tertiary/aromatic N) is 1. The quantitative estimate of drug-likeness (QED) is 0.896. The van der Waals surface area contributed by atoms with Crippen molar-refractivity contribution in [3.8, 4) is 11.5 Å². The van der Waals surface area contributed by atoms with Crippen LogP contribution in [0.25, 0.3) is 11.5 Å². The molecule has 0 fully saturated rings. The van der Waals surface area contributed by atoms with E-state index >= 15 is 0 Å². The molecule has 1 unspecified atom stereocenters. The number of hydrogen-bond acceptors (Lipinski definition) is 3. The maximum atomic E-state index is 12.5. The fraction of sp³-hybridized carbons (Fsp3) is 0.250. The maximum absolute atomic E-state index is 12.5. The summed E-state index contributed by atoms with van der Waals surface area (Å²) in [5.41, 5.74) is 5.13. The van der Waals surface area contributed by atoms with Crippen LogP contribution in [-0.2, 0) is 6.18 Å². The van der Waals surface area contributed by atoms with Gasteiger partial charge in [-0.05, 0) is 25.1 Å². The van der Waals surface area contributed by atoms with Crippen molar-refractivity contribution >= 4 is 0 Å². The van der Waals surface area contributed by atoms with Crippen LogP contribution in [0.15, 0.2) is 34.9 Å². The maximum Gasteiger partial charge on any atom is 0.416 e. The molecule has 0 radical (unpaired) electrons. The van der Waals surface area contributed by atoms with E-state index in [1.807, 2.05) is 0 Å². The normalized spacial score (nSPS) is 13.6. The van der Waals surface area contributed by atoms with Gasteiger partial charge in [0.1, 0.15) is 5.76 Å². The van der Waals surface area contributed by atoms with Crippen molar-refractivity contribution in [2.75, 3.05) is 0 Å². The second kappa shape index (κ2) is 4.45. The minimum atomic E-state index is -4.38. The Morgan fingerprint density at radius 2 is 2.06 bits per heavy atom. The standard InChI is InChI=1S/C12H11F3N2O/c1-7(16)10-6-17-11(18-10)8-3-2-4-9(5-8)12(13,14)15/h2-7H,16H2,1H3. The van der Waals surface area contributed by atoms with Gasteiger partial charge in [-0.3, -0.25) is 0 Å². The van der Waals surface area contributed by atoms with Crippen molar-refractivity contribution in [1.29, 1.82) is 0 Å². The third kappa shape index (κ3) is 2.53. The molecule has 0 saturated heterocycles. The van der Waals surface area contributed by atoms with E-state index in [1.165, 1.54) is 18.3 Å². The van der Waals surface area contributed by atoms with Gasteiger partial charge in [0.05, 0.1) is 17.8 Å². The highest BCUT2D eigenvalue weighted by Gasteiger charge is 2.30. The molecule has 0 spiro atoms. The van der Waals surface area contributed by atoms with Crippen LogP contribution in [0.5, 0.6) is 0 Å². The first-order valence-electron chi connectivity index (χ1n) is 5.27. The van der Waals surface area contributed by atoms with Gasteiger partial charge in [-0.15, -0.1) is 0 Å². The van der Waals surface area contributed by atoms with E-state index in [0.29, 0.717) is 5.76 Å². The molecule has 2 rings (SSSR count). The lowest BCUT2D eigenvalue weighted by atomic mass is 10.1. The Kier molecular flexibility index (Phi) is 3.13. The summed E-state index contributed by atoms with van der Waals surface area (Å²) in [7, 11) is 0. The molecule has 2 aromatic rings. The van der Waals surface area contributed by atoms with E-state index in [-0.39, 0.29) is 17.5 Å². The minimum absolute atomic E-state index is 0.133. The Labute approximate surface area is 101 Å². The SMILES string of the molecule is CC(N)c1cnc(-c2cccc(C(F)(F)F)c2)o1. The van der Waals surface area contributed by atoms with Gasteiger partial charge in [0.25, 0.3) is 0 Å². The number of alkyl halides is 3. The lowest BCUT2D eigenvalue weighted by Gasteiger charge is -2.07. The Morgan fingerprint density at radius 3 is 2.61 bits per heavy atom. The summed E-state index contributed by atoms with van der Waals surface area (Å²) in [4.78, 5) is 3.92. The first-order chi connectivity index (χ1) is 8.38. The van der Waals surface area contributed by atoms with Crippen LogP contribution >= 0.6 is 0 Å². The summed E-state index contributed by atoms with van der Waals surface area (Å²) < 4.78 is 42.9. The van der Waals surface area contributed by atoms with Gasteiger partial charge in [-0.2, -0.15) is 13.2 Å². The molecule has 0 aliphatic heterocycles. The average Bonchev–Trinajstić information content (AvgIpc) is 2.77. The molecule has 1 atom stereocenters. The summed E-state index contributed by atoms with van der Waals surface area (Å²) in [6.45, 7) is 1.70. The van der Waals surface area contributed by atoms with Gasteiger partial charge in [0.2, 0.25) is 5.89 Å². The van der Waals surface area contributed by atoms with Gasteiger partial charge in [0, 0.05) is 5.56 Å². The monoisotopic (exact) mass is 256 g/mol. The molecule has 96 valence electrons. The topological polar surface area (TPSA) is 52.0 Å². The van der Waals surface area contributed by atoms with Crippen molar-refractivity contribution < 1.29 is 17.6 Å². The fourth-order valence-electron chi connectivity index (χ4n) is 1.46. The van der Waals surface area contributed by atoms with Crippen LogP contribution in [0.1, 0.15) is 24.3 Å². The average molecular weight is 256 g/mol. The molecular weight excluding hydrogens is 245 g/mol. The highest BCUT2D eigenvalue weighted by Crippen LogP contribution is 2.32. The fourth-order valence-corrected chi connectivity index (χ4v) is 1.46. The Balaban J connectivity index is 2.38. The molecule has 1 heterocycles. The summed E-state index contributed by atoms with van der Waals surface area (Å²) in [6, 6.07) is 4.47. The highest BCUT2D eigenvalue weighted by atomic mass is 19.4. The van der Waals surface area contributed by atoms with Crippen molar-refractivity contribution in [2.24, 2.45) is 5.73 Å². The van der Waals surface area contributed by atoms with Gasteiger partial charge in [-0.1, -0.05) is 6.07 Å². The molecule has 0 aliphatic rings. The van der Waals surface area contributed by atoms with E-state index in [4.69, 9.17) is 10.2 Å². The van der Waals surface area contributed by atoms with E-state index in [1.54, 1.807) is 6.92 Å². The molecule has 6 heteroatoms. The minimum Gasteiger partial charge on any atom is -0.440 e. The Bertz CT molecular complexity index is 546. The van der Waals surface area contributed by atoms with Gasteiger partial charge >= 0.3 is 6.18 Å². The number of nitrogens with two attached hydrogens (primary N) is 1. The number of benzene rings is 1. The van der Waals surface area contributed by atoms with Crippen molar-refractivity contribution in [1.82, 2.24) is 4.98 Å². The highest BCUT2D eigenvalue weighted by molar-refractivity contribution is 5.54. The predicted molar refractivity (Wildman–Crippen MR) is 59.5 cm³/mol. The molecular formula is C12H11F3N2O. The predicted octanol–water partition coefficient (Wildman–Crippen LogP) is 3.38. The zero-order valence-electron chi connectivity index (χ0n) is 9.53. The van der Waals surface area contributed by atoms with E-state index < -0.39 is 11.7 Å². The first-order valence-corrected chi connectivity index (χ1v) is 5.27. The third-order valence-electron chi connectivity index (χ3n) is 2.41. The Morgan fingerprint density at radius 1 is 1.33 bits per heavy atom. The smallest absolute Gasteiger partial charge is 0.416 e. The van der Waals surface area contributed by atoms with Gasteiger partial charge in [-0.25, -0.2) is 4.98 Å². The molecule has 3 nitrogen and oxygen atoms in total. The first kappa shape index (κ1) is 12.6. The summed E-state index contributed by atoms with van der Waals surface area (Å²) >= 11 is 0.